The van der Waals surface area contributed by atoms with E-state index in [4.69, 9.17) is 0 Å². The van der Waals surface area contributed by atoms with E-state index in [2.05, 4.69) is 34.4 Å². The molecular weight excluding hydrogens is 304 g/mol. The summed E-state index contributed by atoms with van der Waals surface area (Å²) in [6.07, 6.45) is 2.59. The van der Waals surface area contributed by atoms with Gasteiger partial charge in [0.1, 0.15) is 16.2 Å². The van der Waals surface area contributed by atoms with Gasteiger partial charge in [0, 0.05) is 22.8 Å². The maximum absolute atomic E-state index is 12.0. The topological polar surface area (TPSA) is 66.9 Å². The van der Waals surface area contributed by atoms with Gasteiger partial charge in [-0.05, 0) is 32.4 Å². The van der Waals surface area contributed by atoms with Gasteiger partial charge in [-0.25, -0.2) is 9.97 Å². The predicted molar refractivity (Wildman–Crippen MR) is 87.0 cm³/mol. The minimum Gasteiger partial charge on any atom is -0.351 e. The van der Waals surface area contributed by atoms with Gasteiger partial charge in [-0.2, -0.15) is 0 Å². The van der Waals surface area contributed by atoms with Gasteiger partial charge in [0.25, 0.3) is 0 Å². The Morgan fingerprint density at radius 3 is 3.14 bits per heavy atom. The summed E-state index contributed by atoms with van der Waals surface area (Å²) in [5.74, 6) is 0.474. The molecule has 5 nitrogen and oxygen atoms in total. The van der Waals surface area contributed by atoms with Gasteiger partial charge in [0.2, 0.25) is 5.91 Å². The molecule has 2 N–H and O–H groups in total. The minimum absolute atomic E-state index is 0.0741. The second-order valence-corrected chi connectivity index (χ2v) is 7.36. The van der Waals surface area contributed by atoms with Crippen molar-refractivity contribution in [2.75, 3.05) is 18.8 Å². The van der Waals surface area contributed by atoms with Gasteiger partial charge < -0.3 is 10.6 Å². The van der Waals surface area contributed by atoms with Crippen molar-refractivity contribution in [3.63, 3.8) is 0 Å². The summed E-state index contributed by atoms with van der Waals surface area (Å²) in [7, 11) is 0. The van der Waals surface area contributed by atoms with Gasteiger partial charge >= 0.3 is 0 Å². The third kappa shape index (κ3) is 3.20. The Labute approximate surface area is 131 Å². The molecule has 1 unspecified atom stereocenters. The Hall–Kier alpha value is -1.18. The SMILES string of the molecule is Cc1sc2ncnc(SCC(=O)NC3CCNC3)c2c1C. The number of fused-ring (bicyclic) bond motifs is 1. The molecule has 0 bridgehead atoms. The summed E-state index contributed by atoms with van der Waals surface area (Å²) < 4.78 is 0. The lowest BCUT2D eigenvalue weighted by Crippen LogP contribution is -2.37. The highest BCUT2D eigenvalue weighted by Gasteiger charge is 2.18. The number of nitrogens with zero attached hydrogens (tertiary/aromatic N) is 2. The van der Waals surface area contributed by atoms with E-state index in [1.807, 2.05) is 0 Å². The van der Waals surface area contributed by atoms with Crippen molar-refractivity contribution in [3.05, 3.63) is 16.8 Å². The molecule has 0 aliphatic carbocycles. The zero-order chi connectivity index (χ0) is 14.8. The Balaban J connectivity index is 1.68. The molecule has 7 heteroatoms. The quantitative estimate of drug-likeness (QED) is 0.664. The highest BCUT2D eigenvalue weighted by atomic mass is 32.2. The lowest BCUT2D eigenvalue weighted by Gasteiger charge is -2.10. The average Bonchev–Trinajstić information content (AvgIpc) is 3.06. The van der Waals surface area contributed by atoms with Crippen LogP contribution in [0, 0.1) is 13.8 Å². The first kappa shape index (κ1) is 14.7. The lowest BCUT2D eigenvalue weighted by atomic mass is 10.2. The molecular formula is C14H18N4OS2. The molecule has 1 saturated heterocycles. The largest absolute Gasteiger partial charge is 0.351 e. The standard InChI is InChI=1S/C14H18N4OS2/c1-8-9(2)21-14-12(8)13(16-7-17-14)20-6-11(19)18-10-3-4-15-5-10/h7,10,15H,3-6H2,1-2H3,(H,18,19). The monoisotopic (exact) mass is 322 g/mol. The van der Waals surface area contributed by atoms with Crippen LogP contribution in [-0.4, -0.2) is 40.8 Å². The van der Waals surface area contributed by atoms with Crippen LogP contribution in [0.25, 0.3) is 10.2 Å². The zero-order valence-electron chi connectivity index (χ0n) is 12.1. The van der Waals surface area contributed by atoms with E-state index in [1.54, 1.807) is 17.7 Å². The summed E-state index contributed by atoms with van der Waals surface area (Å²) in [4.78, 5) is 22.9. The molecule has 0 spiro atoms. The second-order valence-electron chi connectivity index (χ2n) is 5.19. The molecule has 0 saturated carbocycles. The van der Waals surface area contributed by atoms with Crippen molar-refractivity contribution < 1.29 is 4.79 Å². The number of rotatable bonds is 4. The van der Waals surface area contributed by atoms with Crippen LogP contribution in [-0.2, 0) is 4.79 Å². The molecule has 21 heavy (non-hydrogen) atoms. The van der Waals surface area contributed by atoms with E-state index in [1.165, 1.54) is 22.2 Å². The molecule has 1 aliphatic heterocycles. The molecule has 2 aromatic heterocycles. The molecule has 1 fully saturated rings. The fraction of sp³-hybridized carbons (Fsp3) is 0.500. The number of carbonyl (C=O) groups excluding carboxylic acids is 1. The van der Waals surface area contributed by atoms with Crippen LogP contribution < -0.4 is 10.6 Å². The van der Waals surface area contributed by atoms with Gasteiger partial charge in [-0.15, -0.1) is 11.3 Å². The van der Waals surface area contributed by atoms with Gasteiger partial charge in [-0.3, -0.25) is 4.79 Å². The molecule has 3 rings (SSSR count). The fourth-order valence-corrected chi connectivity index (χ4v) is 4.37. The molecule has 1 atom stereocenters. The summed E-state index contributed by atoms with van der Waals surface area (Å²) in [5.41, 5.74) is 1.22. The summed E-state index contributed by atoms with van der Waals surface area (Å²) in [6.45, 7) is 6.04. The fourth-order valence-electron chi connectivity index (χ4n) is 2.44. The Kier molecular flexibility index (Phi) is 4.42. The lowest BCUT2D eigenvalue weighted by molar-refractivity contribution is -0.119. The van der Waals surface area contributed by atoms with Gasteiger partial charge in [0.05, 0.1) is 5.75 Å². The third-order valence-corrected chi connectivity index (χ3v) is 5.80. The number of nitrogens with one attached hydrogen (secondary N) is 2. The first-order valence-electron chi connectivity index (χ1n) is 6.98. The summed E-state index contributed by atoms with van der Waals surface area (Å²) in [6, 6.07) is 0.272. The first-order valence-corrected chi connectivity index (χ1v) is 8.79. The Morgan fingerprint density at radius 2 is 2.38 bits per heavy atom. The van der Waals surface area contributed by atoms with Gasteiger partial charge in [-0.1, -0.05) is 11.8 Å². The first-order chi connectivity index (χ1) is 10.1. The predicted octanol–water partition coefficient (Wildman–Crippen LogP) is 1.88. The van der Waals surface area contributed by atoms with Crippen molar-refractivity contribution >= 4 is 39.2 Å². The highest BCUT2D eigenvalue weighted by Crippen LogP contribution is 2.34. The number of thioether (sulfide) groups is 1. The van der Waals surface area contributed by atoms with E-state index < -0.39 is 0 Å². The number of carbonyl (C=O) groups is 1. The molecule has 3 heterocycles. The van der Waals surface area contributed by atoms with Crippen molar-refractivity contribution in [1.82, 2.24) is 20.6 Å². The molecule has 1 amide bonds. The van der Waals surface area contributed by atoms with E-state index in [-0.39, 0.29) is 11.9 Å². The van der Waals surface area contributed by atoms with E-state index >= 15 is 0 Å². The number of hydrogen-bond acceptors (Lipinski definition) is 6. The van der Waals surface area contributed by atoms with Crippen LogP contribution in [0.1, 0.15) is 16.9 Å². The van der Waals surface area contributed by atoms with E-state index in [0.717, 1.165) is 34.8 Å². The maximum Gasteiger partial charge on any atom is 0.230 e. The van der Waals surface area contributed by atoms with Crippen LogP contribution in [0.2, 0.25) is 0 Å². The molecule has 1 aliphatic rings. The molecule has 0 aromatic carbocycles. The number of hydrogen-bond donors (Lipinski definition) is 2. The van der Waals surface area contributed by atoms with Crippen LogP contribution >= 0.6 is 23.1 Å². The minimum atomic E-state index is 0.0741. The summed E-state index contributed by atoms with van der Waals surface area (Å²) >= 11 is 3.17. The Bertz CT molecular complexity index is 664. The molecule has 112 valence electrons. The number of aryl methyl sites for hydroxylation is 2. The Morgan fingerprint density at radius 1 is 1.52 bits per heavy atom. The van der Waals surface area contributed by atoms with Crippen molar-refractivity contribution in [3.8, 4) is 0 Å². The van der Waals surface area contributed by atoms with Crippen LogP contribution in [0.3, 0.4) is 0 Å². The van der Waals surface area contributed by atoms with Crippen molar-refractivity contribution in [1.29, 1.82) is 0 Å². The molecule has 0 radical (unpaired) electrons. The van der Waals surface area contributed by atoms with Crippen LogP contribution in [0.4, 0.5) is 0 Å². The normalized spacial score (nSPS) is 18.3. The number of thiophene rings is 1. The number of aromatic nitrogens is 2. The molecule has 2 aromatic rings. The smallest absolute Gasteiger partial charge is 0.230 e. The van der Waals surface area contributed by atoms with Crippen LogP contribution in [0.15, 0.2) is 11.4 Å². The van der Waals surface area contributed by atoms with Gasteiger partial charge in [0.15, 0.2) is 0 Å². The third-order valence-electron chi connectivity index (χ3n) is 3.70. The second kappa shape index (κ2) is 6.29. The van der Waals surface area contributed by atoms with Crippen LogP contribution in [0.5, 0.6) is 0 Å². The van der Waals surface area contributed by atoms with E-state index in [0.29, 0.717) is 5.75 Å². The zero-order valence-corrected chi connectivity index (χ0v) is 13.7. The maximum atomic E-state index is 12.0. The highest BCUT2D eigenvalue weighted by molar-refractivity contribution is 8.00. The summed E-state index contributed by atoms with van der Waals surface area (Å²) in [5, 5.41) is 8.30. The average molecular weight is 322 g/mol. The van der Waals surface area contributed by atoms with Crippen molar-refractivity contribution in [2.45, 2.75) is 31.3 Å². The number of amides is 1. The van der Waals surface area contributed by atoms with Crippen molar-refractivity contribution in [2.24, 2.45) is 0 Å². The van der Waals surface area contributed by atoms with E-state index in [9.17, 15) is 4.79 Å².